The number of hydrogen-bond donors (Lipinski definition) is 17. The van der Waals surface area contributed by atoms with Gasteiger partial charge in [0.05, 0.1) is 95.5 Å². The summed E-state index contributed by atoms with van der Waals surface area (Å²) in [4.78, 5) is 145. The molecule has 0 saturated carbocycles. The van der Waals surface area contributed by atoms with Gasteiger partial charge >= 0.3 is 0 Å². The Morgan fingerprint density at radius 2 is 0.523 bits per heavy atom. The van der Waals surface area contributed by atoms with Gasteiger partial charge in [0.25, 0.3) is 23.9 Å². The molecule has 2 spiro atoms. The summed E-state index contributed by atoms with van der Waals surface area (Å²) in [7, 11) is 0. The van der Waals surface area contributed by atoms with Crippen molar-refractivity contribution in [2.24, 2.45) is 142 Å². The van der Waals surface area contributed by atoms with Gasteiger partial charge < -0.3 is 149 Å². The van der Waals surface area contributed by atoms with E-state index in [0.717, 1.165) is 12.2 Å². The van der Waals surface area contributed by atoms with Gasteiger partial charge in [0.1, 0.15) is 33.7 Å². The van der Waals surface area contributed by atoms with Crippen molar-refractivity contribution >= 4 is 70.9 Å². The average molecular weight is 1870 g/mol. The number of carbonyl (C=O) groups excluding carboxylic acids is 12. The first-order valence-corrected chi connectivity index (χ1v) is 41.9. The quantitative estimate of drug-likeness (QED) is 0.0303. The second-order valence-electron chi connectivity index (χ2n) is 39.6. The van der Waals surface area contributed by atoms with Crippen LogP contribution >= 0.6 is 0 Å². The van der Waals surface area contributed by atoms with Crippen molar-refractivity contribution in [2.75, 3.05) is 113 Å². The van der Waals surface area contributed by atoms with Gasteiger partial charge in [-0.05, 0) is 83.2 Å². The molecule has 41 nitrogen and oxygen atoms in total. The first-order chi connectivity index (χ1) is 57.5. The molecule has 4 aliphatic rings. The molecule has 0 aliphatic carbocycles. The highest BCUT2D eigenvalue weighted by atomic mass is 16.9. The van der Waals surface area contributed by atoms with Gasteiger partial charge in [-0.1, -0.05) is 174 Å². The van der Waals surface area contributed by atoms with Crippen molar-refractivity contribution in [3.05, 3.63) is 25.3 Å². The highest BCUT2D eigenvalue weighted by Gasteiger charge is 2.53. The lowest BCUT2D eigenvalue weighted by atomic mass is 9.70. The van der Waals surface area contributed by atoms with Gasteiger partial charge in [-0.25, -0.2) is 0 Å². The minimum Gasteiger partial charge on any atom is -0.396 e. The van der Waals surface area contributed by atoms with Crippen molar-refractivity contribution in [2.45, 2.75) is 258 Å². The highest BCUT2D eigenvalue weighted by molar-refractivity contribution is 5.87. The Hall–Kier alpha value is -7.56. The molecule has 4 rings (SSSR count). The zero-order valence-electron chi connectivity index (χ0n) is 78.8. The average Bonchev–Trinajstić information content (AvgIpc) is 0.771. The van der Waals surface area contributed by atoms with Gasteiger partial charge in [-0.15, -0.1) is 0 Å². The van der Waals surface area contributed by atoms with E-state index in [9.17, 15) is 57.5 Å². The predicted molar refractivity (Wildman–Crippen MR) is 486 cm³/mol. The number of primary amides is 7. The molecule has 4 fully saturated rings. The Balaban J connectivity index is -0.000000619. The van der Waals surface area contributed by atoms with E-state index in [1.54, 1.807) is 34.6 Å². The molecule has 0 aromatic heterocycles. The minimum absolute atomic E-state index is 0. The molecular formula is C89H172N12O29. The molecule has 6 unspecified atom stereocenters. The maximum Gasteiger partial charge on any atom is 0.281 e. The van der Waals surface area contributed by atoms with Crippen LogP contribution in [0.1, 0.15) is 234 Å². The second-order valence-corrected chi connectivity index (χ2v) is 39.6. The molecule has 41 heteroatoms. The first-order valence-electron chi connectivity index (χ1n) is 41.9. The summed E-state index contributed by atoms with van der Waals surface area (Å²) >= 11 is 0. The summed E-state index contributed by atoms with van der Waals surface area (Å²) in [6, 6.07) is 0. The highest BCUT2D eigenvalue weighted by Crippen LogP contribution is 2.44. The van der Waals surface area contributed by atoms with E-state index >= 15 is 0 Å². The lowest BCUT2D eigenvalue weighted by molar-refractivity contribution is -0.457. The van der Waals surface area contributed by atoms with Crippen LogP contribution in [-0.4, -0.2) is 233 Å². The molecule has 0 radical (unpaired) electrons. The zero-order valence-corrected chi connectivity index (χ0v) is 78.8. The maximum absolute atomic E-state index is 13.6. The SMILES string of the molecule is C.C.C.C.C=CC(=O)NCOC1(C)OCC2(CO1)COC(C)(OCNC(=O)CC)OC2.C=CC(N)=O.CC(C)(C)C(CC(CC(C(N)=O)C(C)(C)C)C(=O)NCO)C(N)=O.CC1(OCNC(=O)C(CC(C(N)=O)C(C)(C)C)CC(C(N)=O)C(C)(C)C)OCC2(CO1)COC(C)(OCNC(=O)C(CC(C(N)=O)C(C)(C)C)CC(C(N)=O)C(C)(C)C)OC2.OCC(CO)(CO)CO. The fraction of sp³-hybridized carbons (Fsp3) is 0.820. The molecule has 762 valence electrons. The first kappa shape index (κ1) is 131. The maximum atomic E-state index is 13.6. The number of ether oxygens (including phenoxy) is 12. The van der Waals surface area contributed by atoms with E-state index in [0.29, 0.717) is 6.42 Å². The van der Waals surface area contributed by atoms with Crippen LogP contribution in [0.2, 0.25) is 0 Å². The number of nitrogens with two attached hydrogens (primary N) is 7. The number of aliphatic hydroxyl groups is 5. The third kappa shape index (κ3) is 45.9. The van der Waals surface area contributed by atoms with Gasteiger partial charge in [-0.3, -0.25) is 57.5 Å². The lowest BCUT2D eigenvalue weighted by Crippen LogP contribution is -2.59. The predicted octanol–water partition coefficient (Wildman–Crippen LogP) is 4.06. The van der Waals surface area contributed by atoms with E-state index < -0.39 is 218 Å². The minimum atomic E-state index is -1.55. The number of nitrogens with one attached hydrogen (secondary N) is 5. The molecular weight excluding hydrogens is 1700 g/mol. The standard InChI is InChI=1S/C43H78N6O12.C17H33N3O4.C17H28N2O8.C5H12O4.C3H5NO.4CH4/c1-37(2,3)27(31(44)50)15-25(16-28(32(45)51)38(4,5)6)35(54)48-23-60-41(13)56-19-43(20-57-41)21-58-42(14,59-22-43)61-24-49-36(55)26(17-29(33(46)52)39(7,8)9)18-30(34(47)53)40(10,11)12;1-16(2,3)11(13(18)22)7-10(15(24)20-9-21)8-12(14(19)23)17(4,5)6;1-5-13(20)18-11-26-15(3)22-7-17(8-23-15)9-24-16(4,25-10-17)27-12-19-14(21)6-2;6-1-5(2-7,3-8)4-9;1-2-3(4)5;;;;/h25-30H,15-24H2,1-14H3,(H2,44,50)(H2,45,51)(H2,46,52)(H2,47,53)(H,48,54)(H,49,55);10-12,21H,7-9H2,1-6H3,(H2,18,22)(H2,19,23)(H,20,24);5H,1,6-12H2,2-4H3,(H,18,20)(H,19,21);6-9H,1-4H2;2H,1H2,(H2,4,5);4*1H4. The number of carbonyl (C=O) groups is 12. The normalized spacial score (nSPS) is 23.0. The van der Waals surface area contributed by atoms with Crippen molar-refractivity contribution in [1.29, 1.82) is 0 Å². The van der Waals surface area contributed by atoms with Crippen LogP contribution in [0.3, 0.4) is 0 Å². The van der Waals surface area contributed by atoms with E-state index in [1.807, 2.05) is 125 Å². The number of hydrogen-bond acceptors (Lipinski definition) is 29. The Morgan fingerprint density at radius 3 is 0.669 bits per heavy atom. The van der Waals surface area contributed by atoms with Gasteiger partial charge in [0.15, 0.2) is 0 Å². The van der Waals surface area contributed by atoms with E-state index in [-0.39, 0.29) is 160 Å². The summed E-state index contributed by atoms with van der Waals surface area (Å²) < 4.78 is 69.4. The Morgan fingerprint density at radius 1 is 0.338 bits per heavy atom. The fourth-order valence-corrected chi connectivity index (χ4v) is 13.3. The molecule has 4 heterocycles. The van der Waals surface area contributed by atoms with Gasteiger partial charge in [0.2, 0.25) is 70.9 Å². The van der Waals surface area contributed by atoms with E-state index in [4.69, 9.17) is 117 Å². The molecule has 130 heavy (non-hydrogen) atoms. The molecule has 0 aromatic rings. The molecule has 24 N–H and O–H groups in total. The van der Waals surface area contributed by atoms with Crippen molar-refractivity contribution < 1.29 is 140 Å². The number of amides is 12. The zero-order chi connectivity index (χ0) is 98.0. The topological polar surface area (TPSA) is 659 Å². The third-order valence-corrected chi connectivity index (χ3v) is 22.3. The van der Waals surface area contributed by atoms with E-state index in [2.05, 4.69) is 45.5 Å². The van der Waals surface area contributed by atoms with Gasteiger partial charge in [0, 0.05) is 87.4 Å². The molecule has 0 aromatic carbocycles. The van der Waals surface area contributed by atoms with Crippen LogP contribution in [0.15, 0.2) is 25.3 Å². The van der Waals surface area contributed by atoms with Crippen LogP contribution < -0.4 is 66.7 Å². The van der Waals surface area contributed by atoms with Crippen LogP contribution in [0.25, 0.3) is 0 Å². The number of rotatable bonds is 41. The largest absolute Gasteiger partial charge is 0.396 e. The van der Waals surface area contributed by atoms with Crippen LogP contribution in [0.5, 0.6) is 0 Å². The lowest BCUT2D eigenvalue weighted by Gasteiger charge is -2.48. The van der Waals surface area contributed by atoms with E-state index in [1.165, 1.54) is 0 Å². The summed E-state index contributed by atoms with van der Waals surface area (Å²) in [5, 5.41) is 55.9. The van der Waals surface area contributed by atoms with Crippen LogP contribution in [0.4, 0.5) is 0 Å². The number of aliphatic hydroxyl groups excluding tert-OH is 5. The Bertz CT molecular complexity index is 3250. The monoisotopic (exact) mass is 1870 g/mol. The molecule has 0 bridgehead atoms. The molecule has 4 saturated heterocycles. The third-order valence-electron chi connectivity index (χ3n) is 22.3. The molecule has 4 aliphatic heterocycles. The Kier molecular flexibility index (Phi) is 57.0. The molecule has 12 amide bonds. The van der Waals surface area contributed by atoms with Crippen molar-refractivity contribution in [3.63, 3.8) is 0 Å². The Labute approximate surface area is 772 Å². The van der Waals surface area contributed by atoms with Gasteiger partial charge in [-0.2, -0.15) is 0 Å². The van der Waals surface area contributed by atoms with Crippen LogP contribution in [0, 0.1) is 102 Å². The summed E-state index contributed by atoms with van der Waals surface area (Å²) in [6.45, 7) is 46.9. The fourth-order valence-electron chi connectivity index (χ4n) is 13.3. The smallest absolute Gasteiger partial charge is 0.281 e. The summed E-state index contributed by atoms with van der Waals surface area (Å²) in [5.41, 5.74) is 33.2. The molecule has 6 atom stereocenters. The van der Waals surface area contributed by atoms with Crippen molar-refractivity contribution in [3.8, 4) is 0 Å². The van der Waals surface area contributed by atoms with Crippen LogP contribution in [-0.2, 0) is 114 Å². The van der Waals surface area contributed by atoms with Crippen molar-refractivity contribution in [1.82, 2.24) is 26.6 Å². The second kappa shape index (κ2) is 56.6. The summed E-state index contributed by atoms with van der Waals surface area (Å²) in [6.07, 6.45) is 3.40. The summed E-state index contributed by atoms with van der Waals surface area (Å²) in [5.74, 6) is -17.0.